The number of aromatic nitrogens is 5. The van der Waals surface area contributed by atoms with Crippen molar-refractivity contribution in [3.63, 3.8) is 0 Å². The van der Waals surface area contributed by atoms with Gasteiger partial charge in [0.15, 0.2) is 35.4 Å². The Morgan fingerprint density at radius 1 is 0.500 bits per heavy atom. The Bertz CT molecular complexity index is 3670. The fourth-order valence-corrected chi connectivity index (χ4v) is 9.51. The second-order valence-electron chi connectivity index (χ2n) is 16.7. The number of pyridine rings is 4. The maximum atomic E-state index is 13.8. The highest BCUT2D eigenvalue weighted by Crippen LogP contribution is 2.43. The van der Waals surface area contributed by atoms with E-state index in [4.69, 9.17) is 0 Å². The average Bonchev–Trinajstić information content (AvgIpc) is 4.11. The molecule has 0 bridgehead atoms. The number of Topliss-reactive ketones (excluding diaryl/α,β-unsaturated/α-hetero) is 3. The van der Waals surface area contributed by atoms with Gasteiger partial charge in [0.2, 0.25) is 5.69 Å². The van der Waals surface area contributed by atoms with Crippen molar-refractivity contribution in [2.45, 2.75) is 12.1 Å². The number of H-pyrrole nitrogens is 1. The van der Waals surface area contributed by atoms with Gasteiger partial charge in [0.25, 0.3) is 29.2 Å². The van der Waals surface area contributed by atoms with Crippen LogP contribution in [0.1, 0.15) is 78.2 Å². The summed E-state index contributed by atoms with van der Waals surface area (Å²) < 4.78 is 2.56. The van der Waals surface area contributed by atoms with E-state index in [1.54, 1.807) is 158 Å². The van der Waals surface area contributed by atoms with Crippen LogP contribution in [0.25, 0.3) is 10.9 Å². The molecule has 3 aliphatic rings. The third-order valence-corrected chi connectivity index (χ3v) is 12.7. The molecule has 0 radical (unpaired) electrons. The van der Waals surface area contributed by atoms with Gasteiger partial charge in [-0.15, -0.1) is 4.58 Å². The number of para-hydroxylation sites is 4. The number of halogens is 2. The summed E-state index contributed by atoms with van der Waals surface area (Å²) in [6.45, 7) is 0. The number of carbonyl (C=O) groups is 7. The van der Waals surface area contributed by atoms with Crippen molar-refractivity contribution in [1.29, 1.82) is 0 Å². The second-order valence-corrected chi connectivity index (χ2v) is 16.7. The molecule has 9 aromatic rings. The molecule has 0 aliphatic carbocycles. The van der Waals surface area contributed by atoms with Gasteiger partial charge in [-0.2, -0.15) is 0 Å². The zero-order valence-electron chi connectivity index (χ0n) is 38.3. The third-order valence-electron chi connectivity index (χ3n) is 12.7. The quantitative estimate of drug-likeness (QED) is 0.233. The molecule has 4 aromatic carbocycles. The molecule has 2 atom stereocenters. The number of nitrogens with zero attached hydrogens (tertiary/aromatic N) is 7. The minimum absolute atomic E-state index is 0. The first-order valence-electron chi connectivity index (χ1n) is 22.5. The molecule has 12 rings (SSSR count). The van der Waals surface area contributed by atoms with Crippen LogP contribution in [0.4, 0.5) is 17.1 Å². The highest BCUT2D eigenvalue weighted by atomic mass is 35.5. The molecule has 362 valence electrons. The van der Waals surface area contributed by atoms with E-state index >= 15 is 0 Å². The van der Waals surface area contributed by atoms with E-state index in [1.165, 1.54) is 56.1 Å². The van der Waals surface area contributed by atoms with Crippen LogP contribution in [0.3, 0.4) is 0 Å². The average molecular weight is 1020 g/mol. The molecule has 5 aromatic heterocycles. The van der Waals surface area contributed by atoms with Crippen molar-refractivity contribution in [3.05, 3.63) is 240 Å². The van der Waals surface area contributed by atoms with Gasteiger partial charge in [0.05, 0.1) is 16.9 Å². The number of rotatable bonds is 6. The number of anilines is 2. The number of carbonyl (C=O) groups excluding carboxylic acids is 7. The summed E-state index contributed by atoms with van der Waals surface area (Å²) >= 11 is 0. The lowest BCUT2D eigenvalue weighted by Crippen LogP contribution is -3.00. The molecular formula is C56H36Cl2N8O8. The SMILES string of the molecule is O=C1C(c2c(O)c3ccccc3n2C(=O)c2ccncc2)=[N+](C(=O)c2cc[nH+]cc2)c2ccccc21.O=C1c2ccccc2N(C(=O)c2ccncc2)C1C1C(=O)c2ccccc2N1C(=O)c1ccncc1.[Cl-].[Cl-]. The van der Waals surface area contributed by atoms with Crippen molar-refractivity contribution in [2.24, 2.45) is 0 Å². The Balaban J connectivity index is 0.000000177. The maximum Gasteiger partial charge on any atom is 0.426 e. The van der Waals surface area contributed by atoms with Crippen LogP contribution in [0.15, 0.2) is 195 Å². The van der Waals surface area contributed by atoms with E-state index < -0.39 is 53.1 Å². The lowest BCUT2D eigenvalue weighted by Gasteiger charge is -2.33. The van der Waals surface area contributed by atoms with E-state index in [0.29, 0.717) is 66.9 Å². The summed E-state index contributed by atoms with van der Waals surface area (Å²) in [7, 11) is 0. The first kappa shape index (κ1) is 49.3. The van der Waals surface area contributed by atoms with Crippen LogP contribution in [0.2, 0.25) is 0 Å². The van der Waals surface area contributed by atoms with Crippen molar-refractivity contribution in [3.8, 4) is 5.75 Å². The fraction of sp³-hybridized carbons (Fsp3) is 0.0357. The molecule has 0 spiro atoms. The van der Waals surface area contributed by atoms with Crippen molar-refractivity contribution < 1.29 is 73.0 Å². The monoisotopic (exact) mass is 1020 g/mol. The van der Waals surface area contributed by atoms with Crippen LogP contribution in [0, 0.1) is 0 Å². The predicted octanol–water partition coefficient (Wildman–Crippen LogP) is 1.02. The standard InChI is InChI=1S/C28H18N4O4.C28H16N4O4.2ClH/c2*33-25-19-5-1-3-7-21(19)31(27(35)17-9-13-29-14-10-17)23(25)24-26(34)20-6-2-4-8-22(20)32(24)28(36)18-11-15-30-16-12-18;;/h1-16,23-24H;1-16H;2*1H. The minimum atomic E-state index is -1.24. The first-order chi connectivity index (χ1) is 35.2. The number of amides is 3. The molecule has 2 N–H and O–H groups in total. The molecule has 8 heterocycles. The van der Waals surface area contributed by atoms with E-state index in [1.807, 2.05) is 0 Å². The van der Waals surface area contributed by atoms with Gasteiger partial charge in [0.1, 0.15) is 23.2 Å². The minimum Gasteiger partial charge on any atom is -1.00 e. The number of fused-ring (bicyclic) bond motifs is 4. The summed E-state index contributed by atoms with van der Waals surface area (Å²) in [5, 5.41) is 11.8. The van der Waals surface area contributed by atoms with E-state index in [9.17, 15) is 38.7 Å². The zero-order valence-corrected chi connectivity index (χ0v) is 39.8. The van der Waals surface area contributed by atoms with Crippen LogP contribution in [-0.2, 0) is 0 Å². The smallest absolute Gasteiger partial charge is 0.426 e. The Kier molecular flexibility index (Phi) is 13.5. The van der Waals surface area contributed by atoms with Gasteiger partial charge in [-0.25, -0.2) is 9.78 Å². The lowest BCUT2D eigenvalue weighted by atomic mass is 9.96. The third kappa shape index (κ3) is 8.09. The number of aromatic amines is 1. The summed E-state index contributed by atoms with van der Waals surface area (Å²) in [6, 6.07) is 37.1. The largest absolute Gasteiger partial charge is 1.00 e. The first-order valence-corrected chi connectivity index (χ1v) is 22.5. The highest BCUT2D eigenvalue weighted by molar-refractivity contribution is 6.54. The zero-order chi connectivity index (χ0) is 49.6. The summed E-state index contributed by atoms with van der Waals surface area (Å²) in [4.78, 5) is 114. The Labute approximate surface area is 432 Å². The molecule has 74 heavy (non-hydrogen) atoms. The van der Waals surface area contributed by atoms with Gasteiger partial charge >= 0.3 is 5.91 Å². The van der Waals surface area contributed by atoms with E-state index in [0.717, 1.165) is 0 Å². The normalized spacial score (nSPS) is 15.1. The second kappa shape index (κ2) is 20.2. The van der Waals surface area contributed by atoms with Crippen LogP contribution in [0.5, 0.6) is 5.75 Å². The Morgan fingerprint density at radius 2 is 0.932 bits per heavy atom. The molecule has 2 unspecified atom stereocenters. The number of hydrogen-bond donors (Lipinski definition) is 1. The molecule has 0 saturated carbocycles. The van der Waals surface area contributed by atoms with Crippen LogP contribution >= 0.6 is 0 Å². The Hall–Kier alpha value is -9.64. The lowest BCUT2D eigenvalue weighted by molar-refractivity contribution is -0.378. The molecule has 0 saturated heterocycles. The topological polar surface area (TPSA) is 207 Å². The number of aromatic hydroxyl groups is 1. The van der Waals surface area contributed by atoms with Gasteiger partial charge < -0.3 is 29.9 Å². The number of hydrogen-bond acceptors (Lipinski definition) is 11. The number of ketones is 3. The van der Waals surface area contributed by atoms with Gasteiger partial charge in [-0.3, -0.25) is 58.1 Å². The summed E-state index contributed by atoms with van der Waals surface area (Å²) in [5.41, 5.74) is 3.66. The fourth-order valence-electron chi connectivity index (χ4n) is 9.51. The Morgan fingerprint density at radius 3 is 1.45 bits per heavy atom. The van der Waals surface area contributed by atoms with Gasteiger partial charge in [0, 0.05) is 88.6 Å². The molecule has 3 aliphatic heterocycles. The highest BCUT2D eigenvalue weighted by Gasteiger charge is 2.55. The number of benzene rings is 4. The summed E-state index contributed by atoms with van der Waals surface area (Å²) in [5.74, 6) is -3.38. The summed E-state index contributed by atoms with van der Waals surface area (Å²) in [6.07, 6.45) is 12.2. The molecular weight excluding hydrogens is 984 g/mol. The van der Waals surface area contributed by atoms with E-state index in [-0.39, 0.29) is 42.0 Å². The molecule has 3 amide bonds. The van der Waals surface area contributed by atoms with Crippen molar-refractivity contribution in [2.75, 3.05) is 9.80 Å². The number of nitrogens with one attached hydrogen (secondary N) is 1. The van der Waals surface area contributed by atoms with Crippen LogP contribution in [-0.4, -0.2) is 88.0 Å². The molecule has 18 heteroatoms. The molecule has 0 fully saturated rings. The van der Waals surface area contributed by atoms with Crippen LogP contribution < -0.4 is 39.6 Å². The predicted molar refractivity (Wildman–Crippen MR) is 261 cm³/mol. The molecule has 16 nitrogen and oxygen atoms in total. The van der Waals surface area contributed by atoms with Gasteiger partial charge in [-0.05, 0) is 78.9 Å². The van der Waals surface area contributed by atoms with Crippen molar-refractivity contribution in [1.82, 2.24) is 19.5 Å². The maximum absolute atomic E-state index is 13.8. The van der Waals surface area contributed by atoms with Gasteiger partial charge in [-0.1, -0.05) is 48.5 Å². The van der Waals surface area contributed by atoms with E-state index in [2.05, 4.69) is 19.9 Å². The van der Waals surface area contributed by atoms with Crippen molar-refractivity contribution >= 4 is 74.7 Å².